The molecule has 0 radical (unpaired) electrons. The van der Waals surface area contributed by atoms with Gasteiger partial charge in [-0.15, -0.1) is 0 Å². The predicted molar refractivity (Wildman–Crippen MR) is 87.7 cm³/mol. The van der Waals surface area contributed by atoms with E-state index in [1.165, 1.54) is 9.58 Å². The number of amides is 1. The lowest BCUT2D eigenvalue weighted by molar-refractivity contribution is -0.143. The number of aliphatic carboxylic acids is 2. The van der Waals surface area contributed by atoms with Crippen LogP contribution >= 0.6 is 0 Å². The van der Waals surface area contributed by atoms with Gasteiger partial charge in [0.25, 0.3) is 5.97 Å². The molecule has 10 heteroatoms. The van der Waals surface area contributed by atoms with Gasteiger partial charge in [0.05, 0.1) is 5.92 Å². The molecule has 140 valence electrons. The first kappa shape index (κ1) is 20.6. The van der Waals surface area contributed by atoms with Crippen LogP contribution in [0.2, 0.25) is 0 Å². The molecule has 0 spiro atoms. The van der Waals surface area contributed by atoms with E-state index in [0.717, 1.165) is 6.92 Å². The second-order valence-corrected chi connectivity index (χ2v) is 6.05. The number of nitrogens with zero attached hydrogens (tertiary/aromatic N) is 4. The number of carbonyl (C=O) groups excluding carboxylic acids is 1. The first-order chi connectivity index (χ1) is 11.6. The van der Waals surface area contributed by atoms with E-state index in [1.54, 1.807) is 13.8 Å². The van der Waals surface area contributed by atoms with E-state index in [-0.39, 0.29) is 25.0 Å². The zero-order chi connectivity index (χ0) is 19.1. The molecule has 1 aliphatic rings. The summed E-state index contributed by atoms with van der Waals surface area (Å²) in [5, 5.41) is 20.7. The molecule has 0 unspecified atom stereocenters. The van der Waals surface area contributed by atoms with Gasteiger partial charge in [-0.2, -0.15) is 5.10 Å². The molecule has 1 aromatic heterocycles. The minimum absolute atomic E-state index is 0.0612. The zero-order valence-corrected chi connectivity index (χ0v) is 14.7. The predicted octanol–water partition coefficient (Wildman–Crippen LogP) is -0.364. The number of nitrogens with two attached hydrogens (primary N) is 1. The van der Waals surface area contributed by atoms with Gasteiger partial charge in [0, 0.05) is 26.1 Å². The fraction of sp³-hybridized carbons (Fsp3) is 0.667. The highest BCUT2D eigenvalue weighted by atomic mass is 16.4. The van der Waals surface area contributed by atoms with Gasteiger partial charge in [-0.3, -0.25) is 14.4 Å². The molecule has 10 nitrogen and oxygen atoms in total. The molecule has 0 saturated carbocycles. The van der Waals surface area contributed by atoms with Crippen LogP contribution in [0.1, 0.15) is 31.4 Å². The minimum atomic E-state index is -0.880. The highest BCUT2D eigenvalue weighted by molar-refractivity contribution is 5.77. The summed E-state index contributed by atoms with van der Waals surface area (Å²) in [6, 6.07) is -0.183. The van der Waals surface area contributed by atoms with E-state index >= 15 is 0 Å². The number of carboxylic acid groups (broad SMARTS) is 2. The summed E-state index contributed by atoms with van der Waals surface area (Å²) < 4.78 is 1.53. The minimum Gasteiger partial charge on any atom is -0.481 e. The summed E-state index contributed by atoms with van der Waals surface area (Å²) in [5.41, 5.74) is 5.93. The lowest BCUT2D eigenvalue weighted by Crippen LogP contribution is -2.43. The van der Waals surface area contributed by atoms with Crippen molar-refractivity contribution in [2.24, 2.45) is 11.7 Å². The molecule has 1 saturated heterocycles. The van der Waals surface area contributed by atoms with E-state index in [4.69, 9.17) is 15.6 Å². The van der Waals surface area contributed by atoms with Gasteiger partial charge < -0.3 is 20.8 Å². The van der Waals surface area contributed by atoms with Gasteiger partial charge in [0.1, 0.15) is 18.2 Å². The van der Waals surface area contributed by atoms with Crippen molar-refractivity contribution in [3.8, 4) is 0 Å². The third-order valence-corrected chi connectivity index (χ3v) is 3.73. The highest BCUT2D eigenvalue weighted by Gasteiger charge is 2.29. The van der Waals surface area contributed by atoms with Crippen LogP contribution in [0.25, 0.3) is 0 Å². The van der Waals surface area contributed by atoms with Crippen LogP contribution in [-0.4, -0.2) is 66.9 Å². The Labute approximate surface area is 145 Å². The van der Waals surface area contributed by atoms with Crippen LogP contribution in [0.3, 0.4) is 0 Å². The first-order valence-corrected chi connectivity index (χ1v) is 7.93. The van der Waals surface area contributed by atoms with Gasteiger partial charge in [-0.1, -0.05) is 0 Å². The number of carbonyl (C=O) groups is 3. The average Bonchev–Trinajstić information content (AvgIpc) is 2.68. The van der Waals surface area contributed by atoms with E-state index < -0.39 is 17.9 Å². The van der Waals surface area contributed by atoms with Crippen molar-refractivity contribution in [1.29, 1.82) is 0 Å². The van der Waals surface area contributed by atoms with E-state index in [9.17, 15) is 14.7 Å². The topological polar surface area (TPSA) is 152 Å². The molecule has 1 aliphatic heterocycles. The van der Waals surface area contributed by atoms with Crippen LogP contribution in [-0.2, 0) is 20.9 Å². The summed E-state index contributed by atoms with van der Waals surface area (Å²) >= 11 is 0. The maximum atomic E-state index is 12.4. The molecule has 1 aromatic rings. The van der Waals surface area contributed by atoms with Gasteiger partial charge >= 0.3 is 5.97 Å². The average molecular weight is 355 g/mol. The maximum Gasteiger partial charge on any atom is 0.308 e. The van der Waals surface area contributed by atoms with Crippen LogP contribution in [0.5, 0.6) is 0 Å². The fourth-order valence-electron chi connectivity index (χ4n) is 2.57. The number of aryl methyl sites for hydroxylation is 2. The Hall–Kier alpha value is -2.49. The Balaban J connectivity index is 0.000000705. The number of hydrogen-bond acceptors (Lipinski definition) is 6. The molecular formula is C15H25N5O5. The Morgan fingerprint density at radius 2 is 1.80 bits per heavy atom. The van der Waals surface area contributed by atoms with E-state index in [2.05, 4.69) is 10.1 Å². The monoisotopic (exact) mass is 355 g/mol. The summed E-state index contributed by atoms with van der Waals surface area (Å²) in [7, 11) is 0. The van der Waals surface area contributed by atoms with Crippen LogP contribution in [0.4, 0.5) is 0 Å². The first-order valence-electron chi connectivity index (χ1n) is 7.93. The Kier molecular flexibility index (Phi) is 7.49. The lowest BCUT2D eigenvalue weighted by atomic mass is 10.0. The molecule has 0 aromatic carbocycles. The molecule has 0 aliphatic carbocycles. The van der Waals surface area contributed by atoms with Crippen molar-refractivity contribution >= 4 is 17.8 Å². The van der Waals surface area contributed by atoms with Crippen molar-refractivity contribution < 1.29 is 24.6 Å². The number of rotatable bonds is 3. The van der Waals surface area contributed by atoms with Crippen molar-refractivity contribution in [3.05, 3.63) is 11.6 Å². The van der Waals surface area contributed by atoms with E-state index in [0.29, 0.717) is 31.0 Å². The molecule has 2 heterocycles. The van der Waals surface area contributed by atoms with Gasteiger partial charge in [-0.05, 0) is 26.7 Å². The van der Waals surface area contributed by atoms with Crippen LogP contribution < -0.4 is 5.73 Å². The fourth-order valence-corrected chi connectivity index (χ4v) is 2.57. The van der Waals surface area contributed by atoms with Gasteiger partial charge in [0.15, 0.2) is 0 Å². The second kappa shape index (κ2) is 9.11. The summed E-state index contributed by atoms with van der Waals surface area (Å²) in [5.74, 6) is -1.17. The smallest absolute Gasteiger partial charge is 0.308 e. The normalized spacial score (nSPS) is 20.2. The largest absolute Gasteiger partial charge is 0.481 e. The summed E-state index contributed by atoms with van der Waals surface area (Å²) in [6.07, 6.45) is 1.12. The molecule has 0 bridgehead atoms. The number of aromatic nitrogens is 3. The highest BCUT2D eigenvalue weighted by Crippen LogP contribution is 2.17. The van der Waals surface area contributed by atoms with Crippen molar-refractivity contribution in [2.45, 2.75) is 46.2 Å². The third kappa shape index (κ3) is 6.87. The number of hydrogen-bond donors (Lipinski definition) is 3. The van der Waals surface area contributed by atoms with Gasteiger partial charge in [-0.25, -0.2) is 9.67 Å². The quantitative estimate of drug-likeness (QED) is 0.664. The Bertz CT molecular complexity index is 626. The van der Waals surface area contributed by atoms with Crippen LogP contribution in [0.15, 0.2) is 0 Å². The third-order valence-electron chi connectivity index (χ3n) is 3.73. The van der Waals surface area contributed by atoms with E-state index in [1.807, 2.05) is 0 Å². The van der Waals surface area contributed by atoms with Crippen molar-refractivity contribution in [3.63, 3.8) is 0 Å². The molecule has 2 atom stereocenters. The van der Waals surface area contributed by atoms with Crippen LogP contribution in [0, 0.1) is 19.8 Å². The number of carboxylic acids is 2. The molecule has 4 N–H and O–H groups in total. The maximum absolute atomic E-state index is 12.4. The van der Waals surface area contributed by atoms with Gasteiger partial charge in [0.2, 0.25) is 5.91 Å². The lowest BCUT2D eigenvalue weighted by Gasteiger charge is -2.24. The standard InChI is InChI=1S/C13H21N5O3.C2H4O2/c1-8-15-9(2)18(16-8)7-12(19)17-5-10(13(20)21)3-4-11(14)6-17;1-2(3)4/h10-11H,3-7,14H2,1-2H3,(H,20,21);1H3,(H,3,4)/t10-,11+;/m0./s1. The Morgan fingerprint density at radius 3 is 2.28 bits per heavy atom. The number of likely N-dealkylation sites (tertiary alicyclic amines) is 1. The van der Waals surface area contributed by atoms with Crippen molar-refractivity contribution in [1.82, 2.24) is 19.7 Å². The SMILES string of the molecule is CC(=O)O.Cc1nc(C)n(CC(=O)N2C[C@H](N)CC[C@H](C(=O)O)C2)n1. The molecule has 1 fully saturated rings. The molecule has 25 heavy (non-hydrogen) atoms. The summed E-state index contributed by atoms with van der Waals surface area (Å²) in [4.78, 5) is 38.3. The van der Waals surface area contributed by atoms with Crippen molar-refractivity contribution in [2.75, 3.05) is 13.1 Å². The Morgan fingerprint density at radius 1 is 1.20 bits per heavy atom. The molecule has 1 amide bonds. The summed E-state index contributed by atoms with van der Waals surface area (Å²) in [6.45, 7) is 5.27. The molecular weight excluding hydrogens is 330 g/mol. The zero-order valence-electron chi connectivity index (χ0n) is 14.7. The second-order valence-electron chi connectivity index (χ2n) is 6.05. The molecule has 2 rings (SSSR count).